The van der Waals surface area contributed by atoms with Crippen LogP contribution in [0.5, 0.6) is 0 Å². The summed E-state index contributed by atoms with van der Waals surface area (Å²) in [6.45, 7) is 0.798. The van der Waals surface area contributed by atoms with Gasteiger partial charge in [-0.15, -0.1) is 0 Å². The zero-order valence-electron chi connectivity index (χ0n) is 13.0. The van der Waals surface area contributed by atoms with E-state index in [0.29, 0.717) is 10.7 Å². The molecule has 0 spiro atoms. The van der Waals surface area contributed by atoms with E-state index in [1.165, 1.54) is 7.11 Å². The van der Waals surface area contributed by atoms with E-state index in [4.69, 9.17) is 16.6 Å². The van der Waals surface area contributed by atoms with E-state index >= 15 is 0 Å². The van der Waals surface area contributed by atoms with Crippen molar-refractivity contribution in [2.45, 2.75) is 19.3 Å². The van der Waals surface area contributed by atoms with Crippen LogP contribution in [0.15, 0.2) is 47.1 Å². The number of thiocarbonyl (C=S) groups is 1. The largest absolute Gasteiger partial charge is 0.469 e. The van der Waals surface area contributed by atoms with Crippen LogP contribution in [0.2, 0.25) is 0 Å². The second kappa shape index (κ2) is 8.95. The van der Waals surface area contributed by atoms with Gasteiger partial charge in [0.25, 0.3) is 0 Å². The van der Waals surface area contributed by atoms with Gasteiger partial charge in [-0.05, 0) is 61.5 Å². The summed E-state index contributed by atoms with van der Waals surface area (Å²) in [5.41, 5.74) is 1.33. The smallest absolute Gasteiger partial charge is 0.337 e. The zero-order valence-corrected chi connectivity index (χ0v) is 13.8. The molecule has 1 heterocycles. The number of esters is 1. The highest BCUT2D eigenvalue weighted by molar-refractivity contribution is 7.80. The molecule has 23 heavy (non-hydrogen) atoms. The van der Waals surface area contributed by atoms with Crippen LogP contribution < -0.4 is 10.6 Å². The lowest BCUT2D eigenvalue weighted by Crippen LogP contribution is -2.29. The monoisotopic (exact) mass is 332 g/mol. The molecule has 0 aliphatic rings. The van der Waals surface area contributed by atoms with E-state index in [-0.39, 0.29) is 5.97 Å². The highest BCUT2D eigenvalue weighted by Crippen LogP contribution is 2.10. The van der Waals surface area contributed by atoms with E-state index in [9.17, 15) is 4.79 Å². The number of carbonyl (C=O) groups excluding carboxylic acids is 1. The summed E-state index contributed by atoms with van der Waals surface area (Å²) < 4.78 is 9.94. The van der Waals surface area contributed by atoms with Crippen LogP contribution in [0.3, 0.4) is 0 Å². The van der Waals surface area contributed by atoms with Gasteiger partial charge in [0.2, 0.25) is 0 Å². The summed E-state index contributed by atoms with van der Waals surface area (Å²) in [6, 6.07) is 10.9. The third-order valence-corrected chi connectivity index (χ3v) is 3.53. The molecule has 0 unspecified atom stereocenters. The van der Waals surface area contributed by atoms with Gasteiger partial charge in [-0.25, -0.2) is 4.79 Å². The van der Waals surface area contributed by atoms with Crippen molar-refractivity contribution < 1.29 is 13.9 Å². The van der Waals surface area contributed by atoms with Gasteiger partial charge in [0.1, 0.15) is 5.76 Å². The van der Waals surface area contributed by atoms with Crippen molar-refractivity contribution in [1.29, 1.82) is 0 Å². The van der Waals surface area contributed by atoms with Crippen molar-refractivity contribution in [2.24, 2.45) is 0 Å². The maximum atomic E-state index is 11.3. The first-order valence-corrected chi connectivity index (χ1v) is 7.85. The average molecular weight is 332 g/mol. The summed E-state index contributed by atoms with van der Waals surface area (Å²) in [7, 11) is 1.36. The third kappa shape index (κ3) is 5.75. The van der Waals surface area contributed by atoms with Crippen LogP contribution in [0.1, 0.15) is 29.0 Å². The van der Waals surface area contributed by atoms with Crippen LogP contribution in [-0.4, -0.2) is 24.7 Å². The molecule has 2 aromatic rings. The third-order valence-electron chi connectivity index (χ3n) is 3.28. The first kappa shape index (κ1) is 17.0. The number of anilines is 1. The molecule has 122 valence electrons. The lowest BCUT2D eigenvalue weighted by Gasteiger charge is -2.10. The standard InChI is InChI=1S/C17H20N2O3S/c1-21-16(20)13-7-9-14(10-8-13)19-17(23)18-11-3-2-5-15-6-4-12-22-15/h4,6-10,12H,2-3,5,11H2,1H3,(H2,18,19,23). The number of furan rings is 1. The van der Waals surface area contributed by atoms with Crippen molar-refractivity contribution in [3.8, 4) is 0 Å². The number of ether oxygens (including phenoxy) is 1. The zero-order chi connectivity index (χ0) is 16.5. The fourth-order valence-corrected chi connectivity index (χ4v) is 2.28. The fraction of sp³-hybridized carbons (Fsp3) is 0.294. The molecular formula is C17H20N2O3S. The fourth-order valence-electron chi connectivity index (χ4n) is 2.06. The number of hydrogen-bond donors (Lipinski definition) is 2. The molecule has 0 saturated heterocycles. The van der Waals surface area contributed by atoms with E-state index in [0.717, 1.165) is 37.3 Å². The molecule has 1 aromatic heterocycles. The van der Waals surface area contributed by atoms with Crippen LogP contribution in [0, 0.1) is 0 Å². The van der Waals surface area contributed by atoms with Crippen LogP contribution in [0.4, 0.5) is 5.69 Å². The van der Waals surface area contributed by atoms with Gasteiger partial charge < -0.3 is 19.8 Å². The minimum Gasteiger partial charge on any atom is -0.469 e. The molecule has 0 amide bonds. The molecule has 1 aromatic carbocycles. The van der Waals surface area contributed by atoms with Crippen molar-refractivity contribution in [1.82, 2.24) is 5.32 Å². The quantitative estimate of drug-likeness (QED) is 0.460. The number of aryl methyl sites for hydroxylation is 1. The summed E-state index contributed by atoms with van der Waals surface area (Å²) in [5.74, 6) is 0.658. The number of benzene rings is 1. The number of carbonyl (C=O) groups is 1. The second-order valence-electron chi connectivity index (χ2n) is 4.99. The Labute approximate surface area is 141 Å². The molecule has 0 aliphatic heterocycles. The number of nitrogens with one attached hydrogen (secondary N) is 2. The van der Waals surface area contributed by atoms with Crippen LogP contribution in [-0.2, 0) is 11.2 Å². The van der Waals surface area contributed by atoms with Crippen molar-refractivity contribution in [3.05, 3.63) is 54.0 Å². The lowest BCUT2D eigenvalue weighted by atomic mass is 10.2. The maximum absolute atomic E-state index is 11.3. The minimum atomic E-state index is -0.353. The Balaban J connectivity index is 1.65. The van der Waals surface area contributed by atoms with E-state index < -0.39 is 0 Å². The van der Waals surface area contributed by atoms with Gasteiger partial charge in [-0.2, -0.15) is 0 Å². The second-order valence-corrected chi connectivity index (χ2v) is 5.39. The minimum absolute atomic E-state index is 0.353. The van der Waals surface area contributed by atoms with Gasteiger partial charge >= 0.3 is 5.97 Å². The molecule has 0 aliphatic carbocycles. The Hall–Kier alpha value is -2.34. The molecule has 5 nitrogen and oxygen atoms in total. The average Bonchev–Trinajstić information content (AvgIpc) is 3.08. The molecule has 2 N–H and O–H groups in total. The van der Waals surface area contributed by atoms with E-state index in [1.54, 1.807) is 30.5 Å². The molecule has 6 heteroatoms. The summed E-state index contributed by atoms with van der Waals surface area (Å²) >= 11 is 5.24. The Bertz CT molecular complexity index is 624. The molecule has 2 rings (SSSR count). The molecule has 0 bridgehead atoms. The van der Waals surface area contributed by atoms with Gasteiger partial charge in [-0.3, -0.25) is 0 Å². The topological polar surface area (TPSA) is 63.5 Å². The maximum Gasteiger partial charge on any atom is 0.337 e. The number of hydrogen-bond acceptors (Lipinski definition) is 4. The Morgan fingerprint density at radius 3 is 2.65 bits per heavy atom. The first-order chi connectivity index (χ1) is 11.2. The predicted molar refractivity (Wildman–Crippen MR) is 93.7 cm³/mol. The molecule has 0 radical (unpaired) electrons. The van der Waals surface area contributed by atoms with E-state index in [2.05, 4.69) is 15.4 Å². The van der Waals surface area contributed by atoms with Crippen molar-refractivity contribution in [2.75, 3.05) is 19.0 Å². The molecule has 0 saturated carbocycles. The van der Waals surface area contributed by atoms with Crippen molar-refractivity contribution >= 4 is 29.0 Å². The number of rotatable bonds is 7. The summed E-state index contributed by atoms with van der Waals surface area (Å²) in [5, 5.41) is 6.80. The highest BCUT2D eigenvalue weighted by atomic mass is 32.1. The van der Waals surface area contributed by atoms with Gasteiger partial charge in [0, 0.05) is 18.7 Å². The number of unbranched alkanes of at least 4 members (excludes halogenated alkanes) is 1. The summed E-state index contributed by atoms with van der Waals surface area (Å²) in [6.07, 6.45) is 4.67. The molecule has 0 atom stereocenters. The molecular weight excluding hydrogens is 312 g/mol. The Morgan fingerprint density at radius 1 is 1.22 bits per heavy atom. The Kier molecular flexibility index (Phi) is 6.62. The first-order valence-electron chi connectivity index (χ1n) is 7.44. The lowest BCUT2D eigenvalue weighted by molar-refractivity contribution is 0.0601. The van der Waals surface area contributed by atoms with Crippen LogP contribution >= 0.6 is 12.2 Å². The van der Waals surface area contributed by atoms with E-state index in [1.807, 2.05) is 12.1 Å². The summed E-state index contributed by atoms with van der Waals surface area (Å²) in [4.78, 5) is 11.3. The Morgan fingerprint density at radius 2 is 2.00 bits per heavy atom. The van der Waals surface area contributed by atoms with Gasteiger partial charge in [0.05, 0.1) is 18.9 Å². The highest BCUT2D eigenvalue weighted by Gasteiger charge is 2.04. The van der Waals surface area contributed by atoms with Crippen molar-refractivity contribution in [3.63, 3.8) is 0 Å². The molecule has 0 fully saturated rings. The normalized spacial score (nSPS) is 10.1. The SMILES string of the molecule is COC(=O)c1ccc(NC(=S)NCCCCc2ccco2)cc1. The predicted octanol–water partition coefficient (Wildman–Crippen LogP) is 3.38. The van der Waals surface area contributed by atoms with Crippen LogP contribution in [0.25, 0.3) is 0 Å². The van der Waals surface area contributed by atoms with Gasteiger partial charge in [0.15, 0.2) is 5.11 Å². The number of methoxy groups -OCH3 is 1. The van der Waals surface area contributed by atoms with Gasteiger partial charge in [-0.1, -0.05) is 0 Å².